The van der Waals surface area contributed by atoms with E-state index in [1.165, 1.54) is 25.7 Å². The molecule has 1 aliphatic heterocycles. The van der Waals surface area contributed by atoms with Gasteiger partial charge < -0.3 is 14.7 Å². The molecule has 1 aliphatic carbocycles. The lowest BCUT2D eigenvalue weighted by Crippen LogP contribution is -2.52. The number of hydrogen-bond donors (Lipinski definition) is 1. The number of aliphatic hydroxyl groups excluding tert-OH is 1. The van der Waals surface area contributed by atoms with E-state index in [9.17, 15) is 5.11 Å². The molecule has 1 N–H and O–H groups in total. The van der Waals surface area contributed by atoms with Gasteiger partial charge in [-0.3, -0.25) is 4.98 Å². The van der Waals surface area contributed by atoms with Gasteiger partial charge in [0.1, 0.15) is 0 Å². The minimum atomic E-state index is -0.448. The maximum Gasteiger partial charge on any atom is 0.0957 e. The van der Waals surface area contributed by atoms with E-state index in [0.29, 0.717) is 18.6 Å². The normalized spacial score (nSPS) is 28.0. The summed E-state index contributed by atoms with van der Waals surface area (Å²) in [6.45, 7) is 3.72. The summed E-state index contributed by atoms with van der Waals surface area (Å²) >= 11 is 0. The van der Waals surface area contributed by atoms with Gasteiger partial charge >= 0.3 is 0 Å². The monoisotopic (exact) mass is 276 g/mol. The number of morpholine rings is 1. The number of nitrogens with zero attached hydrogens (tertiary/aromatic N) is 2. The van der Waals surface area contributed by atoms with Crippen molar-refractivity contribution in [1.82, 2.24) is 4.98 Å². The lowest BCUT2D eigenvalue weighted by molar-refractivity contribution is -0.00870. The Morgan fingerprint density at radius 2 is 2.25 bits per heavy atom. The Bertz CT molecular complexity index is 433. The second kappa shape index (κ2) is 6.10. The fraction of sp³-hybridized carbons (Fsp3) is 0.688. The lowest BCUT2D eigenvalue weighted by atomic mass is 9.90. The Morgan fingerprint density at radius 1 is 1.40 bits per heavy atom. The molecule has 110 valence electrons. The van der Waals surface area contributed by atoms with Gasteiger partial charge in [0.15, 0.2) is 0 Å². The molecule has 2 fully saturated rings. The van der Waals surface area contributed by atoms with Crippen LogP contribution in [-0.2, 0) is 4.74 Å². The van der Waals surface area contributed by atoms with E-state index in [1.54, 1.807) is 0 Å². The molecular weight excluding hydrogens is 252 g/mol. The van der Waals surface area contributed by atoms with Crippen molar-refractivity contribution in [2.45, 2.75) is 57.3 Å². The summed E-state index contributed by atoms with van der Waals surface area (Å²) in [7, 11) is 0. The zero-order valence-electron chi connectivity index (χ0n) is 12.2. The Labute approximate surface area is 120 Å². The number of fused-ring (bicyclic) bond motifs is 1. The highest BCUT2D eigenvalue weighted by atomic mass is 16.5. The molecule has 1 saturated heterocycles. The Hall–Kier alpha value is -1.13. The van der Waals surface area contributed by atoms with Crippen LogP contribution in [-0.4, -0.2) is 35.4 Å². The molecule has 0 aromatic carbocycles. The number of aromatic nitrogens is 1. The molecule has 20 heavy (non-hydrogen) atoms. The van der Waals surface area contributed by atoms with Crippen molar-refractivity contribution in [2.24, 2.45) is 0 Å². The van der Waals surface area contributed by atoms with E-state index in [1.807, 2.05) is 19.2 Å². The molecule has 2 unspecified atom stereocenters. The Morgan fingerprint density at radius 3 is 3.00 bits per heavy atom. The Balaban J connectivity index is 1.77. The first-order valence-electron chi connectivity index (χ1n) is 7.82. The minimum absolute atomic E-state index is 0.387. The summed E-state index contributed by atoms with van der Waals surface area (Å²) in [5.41, 5.74) is 1.93. The molecule has 1 saturated carbocycles. The van der Waals surface area contributed by atoms with Gasteiger partial charge in [-0.05, 0) is 31.4 Å². The van der Waals surface area contributed by atoms with Gasteiger partial charge in [0.05, 0.1) is 42.4 Å². The highest BCUT2D eigenvalue weighted by Crippen LogP contribution is 2.32. The summed E-state index contributed by atoms with van der Waals surface area (Å²) in [6.07, 6.45) is 7.52. The fourth-order valence-electron chi connectivity index (χ4n) is 3.39. The minimum Gasteiger partial charge on any atom is -0.387 e. The van der Waals surface area contributed by atoms with Crippen LogP contribution >= 0.6 is 0 Å². The first-order chi connectivity index (χ1) is 9.79. The molecule has 0 radical (unpaired) electrons. The highest BCUT2D eigenvalue weighted by molar-refractivity contribution is 5.47. The third-order valence-electron chi connectivity index (χ3n) is 4.56. The number of pyridine rings is 1. The summed E-state index contributed by atoms with van der Waals surface area (Å²) in [6, 6.07) is 4.55. The van der Waals surface area contributed by atoms with Crippen molar-refractivity contribution in [1.29, 1.82) is 0 Å². The average molecular weight is 276 g/mol. The van der Waals surface area contributed by atoms with Crippen molar-refractivity contribution in [3.63, 3.8) is 0 Å². The summed E-state index contributed by atoms with van der Waals surface area (Å²) < 4.78 is 5.91. The van der Waals surface area contributed by atoms with Crippen molar-refractivity contribution in [3.05, 3.63) is 24.0 Å². The maximum absolute atomic E-state index is 9.82. The van der Waals surface area contributed by atoms with Crippen LogP contribution in [0.25, 0.3) is 0 Å². The highest BCUT2D eigenvalue weighted by Gasteiger charge is 2.34. The molecule has 4 heteroatoms. The van der Waals surface area contributed by atoms with E-state index in [-0.39, 0.29) is 0 Å². The molecule has 3 atom stereocenters. The van der Waals surface area contributed by atoms with Gasteiger partial charge in [-0.15, -0.1) is 0 Å². The van der Waals surface area contributed by atoms with E-state index >= 15 is 0 Å². The molecule has 2 heterocycles. The predicted molar refractivity (Wildman–Crippen MR) is 78.8 cm³/mol. The van der Waals surface area contributed by atoms with Crippen LogP contribution in [0.2, 0.25) is 0 Å². The zero-order chi connectivity index (χ0) is 13.9. The summed E-state index contributed by atoms with van der Waals surface area (Å²) in [5.74, 6) is 0. The smallest absolute Gasteiger partial charge is 0.0957 e. The van der Waals surface area contributed by atoms with Crippen molar-refractivity contribution < 1.29 is 9.84 Å². The molecule has 2 aliphatic rings. The largest absolute Gasteiger partial charge is 0.387 e. The van der Waals surface area contributed by atoms with Crippen molar-refractivity contribution >= 4 is 5.69 Å². The number of rotatable bonds is 3. The number of aliphatic hydroxyl groups is 1. The zero-order valence-corrected chi connectivity index (χ0v) is 12.2. The standard InChI is InChI=1S/C16H24N2O2/c1-2-15(19)13-8-7-12(11-17-13)18-9-10-20-16-6-4-3-5-14(16)18/h7-8,11,14-16,19H,2-6,9-10H2,1H3/t14?,15-,16?/m0/s1. The first kappa shape index (κ1) is 13.8. The van der Waals surface area contributed by atoms with E-state index in [4.69, 9.17) is 4.74 Å². The van der Waals surface area contributed by atoms with Gasteiger partial charge in [0, 0.05) is 6.54 Å². The van der Waals surface area contributed by atoms with Gasteiger partial charge in [0.2, 0.25) is 0 Å². The second-order valence-corrected chi connectivity index (χ2v) is 5.82. The van der Waals surface area contributed by atoms with Crippen LogP contribution in [0.5, 0.6) is 0 Å². The third kappa shape index (κ3) is 2.67. The van der Waals surface area contributed by atoms with Gasteiger partial charge in [-0.25, -0.2) is 0 Å². The van der Waals surface area contributed by atoms with Crippen LogP contribution in [0.15, 0.2) is 18.3 Å². The van der Waals surface area contributed by atoms with Crippen LogP contribution in [0, 0.1) is 0 Å². The number of ether oxygens (including phenoxy) is 1. The first-order valence-corrected chi connectivity index (χ1v) is 7.82. The quantitative estimate of drug-likeness (QED) is 0.922. The Kier molecular flexibility index (Phi) is 4.22. The molecular formula is C16H24N2O2. The number of anilines is 1. The second-order valence-electron chi connectivity index (χ2n) is 5.82. The fourth-order valence-corrected chi connectivity index (χ4v) is 3.39. The van der Waals surface area contributed by atoms with Gasteiger partial charge in [-0.2, -0.15) is 0 Å². The lowest BCUT2D eigenvalue weighted by Gasteiger charge is -2.45. The molecule has 1 aromatic rings. The van der Waals surface area contributed by atoms with Crippen LogP contribution in [0.1, 0.15) is 50.8 Å². The summed E-state index contributed by atoms with van der Waals surface area (Å²) in [5, 5.41) is 9.82. The van der Waals surface area contributed by atoms with E-state index < -0.39 is 6.10 Å². The van der Waals surface area contributed by atoms with Crippen molar-refractivity contribution in [2.75, 3.05) is 18.1 Å². The van der Waals surface area contributed by atoms with Crippen molar-refractivity contribution in [3.8, 4) is 0 Å². The van der Waals surface area contributed by atoms with Gasteiger partial charge in [0.25, 0.3) is 0 Å². The van der Waals surface area contributed by atoms with E-state index in [2.05, 4.69) is 16.0 Å². The molecule has 0 spiro atoms. The average Bonchev–Trinajstić information content (AvgIpc) is 2.54. The molecule has 0 bridgehead atoms. The van der Waals surface area contributed by atoms with Gasteiger partial charge in [-0.1, -0.05) is 19.8 Å². The van der Waals surface area contributed by atoms with Crippen LogP contribution < -0.4 is 4.90 Å². The van der Waals surface area contributed by atoms with Crippen LogP contribution in [0.3, 0.4) is 0 Å². The topological polar surface area (TPSA) is 45.6 Å². The summed E-state index contributed by atoms with van der Waals surface area (Å²) in [4.78, 5) is 6.88. The molecule has 1 aromatic heterocycles. The predicted octanol–water partition coefficient (Wildman–Crippen LogP) is 2.67. The molecule has 4 nitrogen and oxygen atoms in total. The third-order valence-corrected chi connectivity index (χ3v) is 4.56. The molecule has 0 amide bonds. The van der Waals surface area contributed by atoms with Crippen LogP contribution in [0.4, 0.5) is 5.69 Å². The molecule has 3 rings (SSSR count). The number of hydrogen-bond acceptors (Lipinski definition) is 4. The maximum atomic E-state index is 9.82. The van der Waals surface area contributed by atoms with E-state index in [0.717, 1.165) is 24.5 Å². The SMILES string of the molecule is CC[C@H](O)c1ccc(N2CCOC3CCCCC32)cn1.